The largest absolute Gasteiger partial charge is 0.416 e. The molecule has 1 aromatic heterocycles. The Morgan fingerprint density at radius 2 is 1.85 bits per heavy atom. The molecule has 1 aliphatic heterocycles. The fourth-order valence-corrected chi connectivity index (χ4v) is 3.74. The molecule has 13 heteroatoms. The molecule has 2 amide bonds. The number of carbonyl (C=O) groups excluding carboxylic acids is 2. The van der Waals surface area contributed by atoms with Crippen LogP contribution in [0.5, 0.6) is 0 Å². The van der Waals surface area contributed by atoms with Gasteiger partial charge in [-0.05, 0) is 44.9 Å². The summed E-state index contributed by atoms with van der Waals surface area (Å²) in [5.74, 6) is -1.31. The third-order valence-corrected chi connectivity index (χ3v) is 5.43. The van der Waals surface area contributed by atoms with E-state index in [9.17, 15) is 32.9 Å². The highest BCUT2D eigenvalue weighted by molar-refractivity contribution is 5.83. The summed E-state index contributed by atoms with van der Waals surface area (Å²) in [6.07, 6.45) is -4.05. The fraction of sp³-hybridized carbons (Fsp3) is 0.450. The molecular formula is C20H23F3N6O4. The first-order chi connectivity index (χ1) is 15.5. The zero-order valence-corrected chi connectivity index (χ0v) is 18.0. The van der Waals surface area contributed by atoms with E-state index < -0.39 is 40.1 Å². The van der Waals surface area contributed by atoms with Gasteiger partial charge in [0.05, 0.1) is 16.2 Å². The number of aromatic nitrogens is 2. The van der Waals surface area contributed by atoms with Crippen molar-refractivity contribution in [3.8, 4) is 0 Å². The molecule has 0 bridgehead atoms. The molecule has 0 spiro atoms. The Bertz CT molecular complexity index is 1060. The number of nitrogens with one attached hydrogen (secondary N) is 2. The molecular weight excluding hydrogens is 445 g/mol. The molecule has 33 heavy (non-hydrogen) atoms. The van der Waals surface area contributed by atoms with Gasteiger partial charge < -0.3 is 4.90 Å². The summed E-state index contributed by atoms with van der Waals surface area (Å²) in [7, 11) is 0. The molecule has 2 heterocycles. The van der Waals surface area contributed by atoms with Gasteiger partial charge in [-0.2, -0.15) is 18.3 Å². The van der Waals surface area contributed by atoms with Crippen LogP contribution in [0.2, 0.25) is 0 Å². The van der Waals surface area contributed by atoms with Gasteiger partial charge in [0.15, 0.2) is 0 Å². The fourth-order valence-electron chi connectivity index (χ4n) is 3.74. The second kappa shape index (κ2) is 9.46. The van der Waals surface area contributed by atoms with Crippen LogP contribution in [0, 0.1) is 29.9 Å². The van der Waals surface area contributed by atoms with Crippen molar-refractivity contribution in [1.82, 2.24) is 20.6 Å². The molecule has 3 rings (SSSR count). The Balaban J connectivity index is 1.55. The molecule has 0 saturated carbocycles. The van der Waals surface area contributed by atoms with Crippen molar-refractivity contribution in [2.45, 2.75) is 39.4 Å². The standard InChI is InChI=1S/C20H23F3N6O4/c1-12-9-13(2)28(26-12)11-18(30)24-25-19(31)14-5-7-27(8-6-14)16-4-3-15(20(21,22)23)10-17(16)29(32)33/h3-4,9-10,14H,5-8,11H2,1-2H3,(H,24,30)(H,25,31). The number of benzene rings is 1. The second-order valence-electron chi connectivity index (χ2n) is 7.84. The highest BCUT2D eigenvalue weighted by Crippen LogP contribution is 2.37. The predicted molar refractivity (Wildman–Crippen MR) is 111 cm³/mol. The maximum Gasteiger partial charge on any atom is 0.416 e. The maximum absolute atomic E-state index is 12.9. The first kappa shape index (κ1) is 24.0. The van der Waals surface area contributed by atoms with E-state index in [0.717, 1.165) is 23.5 Å². The van der Waals surface area contributed by atoms with Gasteiger partial charge in [0.2, 0.25) is 5.91 Å². The number of carbonyl (C=O) groups is 2. The molecule has 0 unspecified atom stereocenters. The number of hydrogen-bond donors (Lipinski definition) is 2. The lowest BCUT2D eigenvalue weighted by molar-refractivity contribution is -0.384. The van der Waals surface area contributed by atoms with Gasteiger partial charge in [-0.1, -0.05) is 0 Å². The number of hydrazine groups is 1. The number of alkyl halides is 3. The number of hydrogen-bond acceptors (Lipinski definition) is 6. The second-order valence-corrected chi connectivity index (χ2v) is 7.84. The van der Waals surface area contributed by atoms with Crippen LogP contribution in [-0.2, 0) is 22.3 Å². The highest BCUT2D eigenvalue weighted by Gasteiger charge is 2.35. The summed E-state index contributed by atoms with van der Waals surface area (Å²) in [4.78, 5) is 36.5. The van der Waals surface area contributed by atoms with Crippen LogP contribution in [0.4, 0.5) is 24.5 Å². The number of aryl methyl sites for hydroxylation is 2. The van der Waals surface area contributed by atoms with Gasteiger partial charge >= 0.3 is 6.18 Å². The smallest absolute Gasteiger partial charge is 0.366 e. The molecule has 178 valence electrons. The molecule has 1 fully saturated rings. The topological polar surface area (TPSA) is 122 Å². The van der Waals surface area contributed by atoms with Gasteiger partial charge in [0.1, 0.15) is 12.2 Å². The first-order valence-electron chi connectivity index (χ1n) is 10.2. The summed E-state index contributed by atoms with van der Waals surface area (Å²) >= 11 is 0. The Hall–Kier alpha value is -3.64. The summed E-state index contributed by atoms with van der Waals surface area (Å²) in [6.45, 7) is 4.03. The average molecular weight is 468 g/mol. The van der Waals surface area contributed by atoms with Crippen LogP contribution in [0.15, 0.2) is 24.3 Å². The Kier molecular flexibility index (Phi) is 6.89. The molecule has 1 aromatic carbocycles. The first-order valence-corrected chi connectivity index (χ1v) is 10.2. The molecule has 2 aromatic rings. The lowest BCUT2D eigenvalue weighted by Crippen LogP contribution is -2.48. The van der Waals surface area contributed by atoms with Gasteiger partial charge in [0, 0.05) is 30.8 Å². The highest BCUT2D eigenvalue weighted by atomic mass is 19.4. The van der Waals surface area contributed by atoms with Crippen molar-refractivity contribution in [2.75, 3.05) is 18.0 Å². The van der Waals surface area contributed by atoms with Crippen molar-refractivity contribution in [1.29, 1.82) is 0 Å². The monoisotopic (exact) mass is 468 g/mol. The number of rotatable bonds is 5. The van der Waals surface area contributed by atoms with Crippen LogP contribution in [0.3, 0.4) is 0 Å². The van der Waals surface area contributed by atoms with E-state index in [1.165, 1.54) is 4.68 Å². The average Bonchev–Trinajstić information content (AvgIpc) is 3.07. The molecule has 0 radical (unpaired) electrons. The molecule has 2 N–H and O–H groups in total. The van der Waals surface area contributed by atoms with Gasteiger partial charge in [-0.3, -0.25) is 35.2 Å². The van der Waals surface area contributed by atoms with Crippen LogP contribution >= 0.6 is 0 Å². The number of nitro groups is 1. The Morgan fingerprint density at radius 3 is 2.39 bits per heavy atom. The molecule has 0 aliphatic carbocycles. The zero-order chi connectivity index (χ0) is 24.3. The number of nitro benzene ring substituents is 1. The van der Waals surface area contributed by atoms with Crippen LogP contribution in [0.25, 0.3) is 0 Å². The molecule has 0 atom stereocenters. The Labute approximate surface area is 186 Å². The van der Waals surface area contributed by atoms with E-state index in [0.29, 0.717) is 18.9 Å². The summed E-state index contributed by atoms with van der Waals surface area (Å²) in [5, 5.41) is 15.5. The van der Waals surface area contributed by atoms with E-state index >= 15 is 0 Å². The summed E-state index contributed by atoms with van der Waals surface area (Å²) < 4.78 is 40.2. The number of anilines is 1. The van der Waals surface area contributed by atoms with E-state index in [2.05, 4.69) is 16.0 Å². The molecule has 10 nitrogen and oxygen atoms in total. The SMILES string of the molecule is Cc1cc(C)n(CC(=O)NNC(=O)C2CCN(c3ccc(C(F)(F)F)cc3[N+](=O)[O-])CC2)n1. The van der Waals surface area contributed by atoms with Crippen molar-refractivity contribution < 1.29 is 27.7 Å². The number of halogens is 3. The van der Waals surface area contributed by atoms with Crippen molar-refractivity contribution >= 4 is 23.2 Å². The maximum atomic E-state index is 12.9. The number of amides is 2. The van der Waals surface area contributed by atoms with Crippen molar-refractivity contribution in [3.63, 3.8) is 0 Å². The van der Waals surface area contributed by atoms with E-state index in [4.69, 9.17) is 0 Å². The lowest BCUT2D eigenvalue weighted by atomic mass is 9.95. The third kappa shape index (κ3) is 5.79. The van der Waals surface area contributed by atoms with Crippen molar-refractivity contribution in [3.05, 3.63) is 51.3 Å². The van der Waals surface area contributed by atoms with Crippen molar-refractivity contribution in [2.24, 2.45) is 5.92 Å². The molecule has 1 saturated heterocycles. The quantitative estimate of drug-likeness (QED) is 0.514. The van der Waals surface area contributed by atoms with Gasteiger partial charge in [-0.15, -0.1) is 0 Å². The minimum atomic E-state index is -4.69. The number of piperidine rings is 1. The van der Waals surface area contributed by atoms with Crippen LogP contribution in [0.1, 0.15) is 29.8 Å². The summed E-state index contributed by atoms with van der Waals surface area (Å²) in [6, 6.07) is 4.23. The minimum absolute atomic E-state index is 0.0595. The third-order valence-electron chi connectivity index (χ3n) is 5.43. The van der Waals surface area contributed by atoms with Crippen LogP contribution < -0.4 is 15.8 Å². The van der Waals surface area contributed by atoms with Crippen LogP contribution in [-0.4, -0.2) is 39.6 Å². The minimum Gasteiger partial charge on any atom is -0.366 e. The summed E-state index contributed by atoms with van der Waals surface area (Å²) in [5.41, 5.74) is 4.64. The molecule has 1 aliphatic rings. The number of nitrogens with zero attached hydrogens (tertiary/aromatic N) is 4. The zero-order valence-electron chi connectivity index (χ0n) is 18.0. The lowest BCUT2D eigenvalue weighted by Gasteiger charge is -2.32. The Morgan fingerprint density at radius 1 is 1.18 bits per heavy atom. The predicted octanol–water partition coefficient (Wildman–Crippen LogP) is 2.49. The van der Waals surface area contributed by atoms with E-state index in [1.807, 2.05) is 6.07 Å². The van der Waals surface area contributed by atoms with Gasteiger partial charge in [-0.25, -0.2) is 0 Å². The van der Waals surface area contributed by atoms with E-state index in [1.54, 1.807) is 18.7 Å². The van der Waals surface area contributed by atoms with Gasteiger partial charge in [0.25, 0.3) is 11.6 Å². The normalized spacial score (nSPS) is 14.8. The van der Waals surface area contributed by atoms with E-state index in [-0.39, 0.29) is 25.3 Å².